The van der Waals surface area contributed by atoms with Gasteiger partial charge in [-0.2, -0.15) is 0 Å². The van der Waals surface area contributed by atoms with Gasteiger partial charge in [0.05, 0.1) is 13.2 Å². The van der Waals surface area contributed by atoms with Crippen molar-refractivity contribution in [1.29, 1.82) is 0 Å². The summed E-state index contributed by atoms with van der Waals surface area (Å²) in [6.07, 6.45) is 0. The van der Waals surface area contributed by atoms with Crippen LogP contribution >= 0.6 is 0 Å². The van der Waals surface area contributed by atoms with Crippen LogP contribution in [0.5, 0.6) is 0 Å². The molecule has 1 aromatic rings. The molecule has 5 nitrogen and oxygen atoms in total. The summed E-state index contributed by atoms with van der Waals surface area (Å²) in [5.74, 6) is -0.466. The number of hydrogen-bond donors (Lipinski definition) is 2. The highest BCUT2D eigenvalue weighted by Gasteiger charge is 2.38. The summed E-state index contributed by atoms with van der Waals surface area (Å²) >= 11 is 0. The van der Waals surface area contributed by atoms with Crippen molar-refractivity contribution in [1.82, 2.24) is 5.32 Å². The van der Waals surface area contributed by atoms with Gasteiger partial charge in [0.25, 0.3) is 0 Å². The predicted octanol–water partition coefficient (Wildman–Crippen LogP) is 0.250. The molecule has 0 aliphatic carbocycles. The van der Waals surface area contributed by atoms with Crippen LogP contribution in [0, 0.1) is 0 Å². The summed E-state index contributed by atoms with van der Waals surface area (Å²) < 4.78 is 10.1. The minimum atomic E-state index is -1.02. The van der Waals surface area contributed by atoms with E-state index in [-0.39, 0.29) is 6.61 Å². The molecule has 0 aliphatic rings. The molecule has 0 bridgehead atoms. The molecule has 0 fully saturated rings. The van der Waals surface area contributed by atoms with Gasteiger partial charge in [-0.15, -0.1) is 0 Å². The fourth-order valence-corrected chi connectivity index (χ4v) is 1.84. The van der Waals surface area contributed by atoms with Crippen molar-refractivity contribution in [2.75, 3.05) is 34.0 Å². The summed E-state index contributed by atoms with van der Waals surface area (Å²) in [5.41, 5.74) is 5.32. The van der Waals surface area contributed by atoms with Crippen LogP contribution in [0.1, 0.15) is 5.56 Å². The standard InChI is InChI=1S/C13H20N2O3/c1-17-9-8-15-13(10-18-2,12(14)16)11-6-4-3-5-7-11/h3-7,15H,8-10H2,1-2H3,(H2,14,16). The van der Waals surface area contributed by atoms with Crippen molar-refractivity contribution in [2.24, 2.45) is 5.73 Å². The van der Waals surface area contributed by atoms with Crippen LogP contribution in [0.25, 0.3) is 0 Å². The number of nitrogens with one attached hydrogen (secondary N) is 1. The van der Waals surface area contributed by atoms with E-state index in [1.807, 2.05) is 30.3 Å². The number of carbonyl (C=O) groups excluding carboxylic acids is 1. The second kappa shape index (κ2) is 7.10. The zero-order chi connectivity index (χ0) is 13.4. The smallest absolute Gasteiger partial charge is 0.244 e. The van der Waals surface area contributed by atoms with Gasteiger partial charge in [0.15, 0.2) is 0 Å². The Balaban J connectivity index is 3.01. The molecule has 0 aliphatic heterocycles. The van der Waals surface area contributed by atoms with Crippen molar-refractivity contribution in [3.8, 4) is 0 Å². The summed E-state index contributed by atoms with van der Waals surface area (Å²) in [5, 5.41) is 3.13. The maximum Gasteiger partial charge on any atom is 0.244 e. The average Bonchev–Trinajstić information content (AvgIpc) is 2.38. The van der Waals surface area contributed by atoms with Crippen molar-refractivity contribution < 1.29 is 14.3 Å². The van der Waals surface area contributed by atoms with Crippen molar-refractivity contribution in [3.63, 3.8) is 0 Å². The lowest BCUT2D eigenvalue weighted by molar-refractivity contribution is -0.127. The van der Waals surface area contributed by atoms with Gasteiger partial charge in [0.2, 0.25) is 5.91 Å². The predicted molar refractivity (Wildman–Crippen MR) is 69.1 cm³/mol. The molecular weight excluding hydrogens is 232 g/mol. The zero-order valence-electron chi connectivity index (χ0n) is 10.8. The third-order valence-electron chi connectivity index (χ3n) is 2.78. The molecule has 5 heteroatoms. The molecule has 100 valence electrons. The van der Waals surface area contributed by atoms with Gasteiger partial charge in [-0.3, -0.25) is 10.1 Å². The molecular formula is C13H20N2O3. The Morgan fingerprint density at radius 1 is 1.28 bits per heavy atom. The van der Waals surface area contributed by atoms with Crippen molar-refractivity contribution in [3.05, 3.63) is 35.9 Å². The Bertz CT molecular complexity index is 370. The van der Waals surface area contributed by atoms with E-state index in [2.05, 4.69) is 5.32 Å². The Labute approximate surface area is 107 Å². The molecule has 0 spiro atoms. The van der Waals surface area contributed by atoms with E-state index in [1.54, 1.807) is 14.2 Å². The minimum absolute atomic E-state index is 0.177. The maximum atomic E-state index is 11.8. The summed E-state index contributed by atoms with van der Waals surface area (Å²) in [6, 6.07) is 9.31. The topological polar surface area (TPSA) is 73.6 Å². The molecule has 0 saturated heterocycles. The van der Waals surface area contributed by atoms with E-state index in [0.29, 0.717) is 13.2 Å². The molecule has 3 N–H and O–H groups in total. The fourth-order valence-electron chi connectivity index (χ4n) is 1.84. The number of methoxy groups -OCH3 is 2. The van der Waals surface area contributed by atoms with E-state index in [1.165, 1.54) is 0 Å². The van der Waals surface area contributed by atoms with Crippen molar-refractivity contribution >= 4 is 5.91 Å². The number of rotatable bonds is 8. The number of amides is 1. The normalized spacial score (nSPS) is 14.1. The molecule has 1 unspecified atom stereocenters. The summed E-state index contributed by atoms with van der Waals surface area (Å²) in [6.45, 7) is 1.18. The number of ether oxygens (including phenoxy) is 2. The lowest BCUT2D eigenvalue weighted by Gasteiger charge is -2.31. The van der Waals surface area contributed by atoms with E-state index in [0.717, 1.165) is 5.56 Å². The van der Waals surface area contributed by atoms with Gasteiger partial charge in [-0.05, 0) is 5.56 Å². The van der Waals surface area contributed by atoms with Gasteiger partial charge in [-0.1, -0.05) is 30.3 Å². The quantitative estimate of drug-likeness (QED) is 0.650. The van der Waals surface area contributed by atoms with Gasteiger partial charge >= 0.3 is 0 Å². The third-order valence-corrected chi connectivity index (χ3v) is 2.78. The van der Waals surface area contributed by atoms with E-state index < -0.39 is 11.4 Å². The van der Waals surface area contributed by atoms with E-state index >= 15 is 0 Å². The molecule has 1 aromatic carbocycles. The van der Waals surface area contributed by atoms with Crippen LogP contribution in [0.15, 0.2) is 30.3 Å². The largest absolute Gasteiger partial charge is 0.383 e. The van der Waals surface area contributed by atoms with Crippen LogP contribution in [0.3, 0.4) is 0 Å². The second-order valence-electron chi connectivity index (χ2n) is 3.99. The maximum absolute atomic E-state index is 11.8. The Kier molecular flexibility index (Phi) is 5.77. The molecule has 18 heavy (non-hydrogen) atoms. The molecule has 1 amide bonds. The lowest BCUT2D eigenvalue weighted by atomic mass is 9.89. The van der Waals surface area contributed by atoms with Crippen molar-refractivity contribution in [2.45, 2.75) is 5.54 Å². The molecule has 1 atom stereocenters. The summed E-state index contributed by atoms with van der Waals surface area (Å²) in [4.78, 5) is 11.8. The summed E-state index contributed by atoms with van der Waals surface area (Å²) in [7, 11) is 3.14. The molecule has 0 radical (unpaired) electrons. The first-order valence-electron chi connectivity index (χ1n) is 5.75. The van der Waals surface area contributed by atoms with Gasteiger partial charge in [0, 0.05) is 20.8 Å². The highest BCUT2D eigenvalue weighted by Crippen LogP contribution is 2.21. The van der Waals surface area contributed by atoms with Crippen LogP contribution in [0.4, 0.5) is 0 Å². The molecule has 0 saturated carbocycles. The van der Waals surface area contributed by atoms with Crippen LogP contribution in [-0.4, -0.2) is 39.9 Å². The SMILES string of the molecule is COCCNC(COC)(C(N)=O)c1ccccc1. The van der Waals surface area contributed by atoms with E-state index in [9.17, 15) is 4.79 Å². The number of primary amides is 1. The molecule has 0 aromatic heterocycles. The second-order valence-corrected chi connectivity index (χ2v) is 3.99. The Morgan fingerprint density at radius 3 is 2.44 bits per heavy atom. The first kappa shape index (κ1) is 14.6. The Morgan fingerprint density at radius 2 is 1.94 bits per heavy atom. The third kappa shape index (κ3) is 3.29. The number of carbonyl (C=O) groups is 1. The first-order valence-corrected chi connectivity index (χ1v) is 5.75. The minimum Gasteiger partial charge on any atom is -0.383 e. The van der Waals surface area contributed by atoms with E-state index in [4.69, 9.17) is 15.2 Å². The van der Waals surface area contributed by atoms with Gasteiger partial charge in [0.1, 0.15) is 5.54 Å². The molecule has 1 rings (SSSR count). The number of hydrogen-bond acceptors (Lipinski definition) is 4. The zero-order valence-corrected chi connectivity index (χ0v) is 10.8. The monoisotopic (exact) mass is 252 g/mol. The Hall–Kier alpha value is -1.43. The lowest BCUT2D eigenvalue weighted by Crippen LogP contribution is -2.56. The number of benzene rings is 1. The van der Waals surface area contributed by atoms with Gasteiger partial charge < -0.3 is 15.2 Å². The van der Waals surface area contributed by atoms with Gasteiger partial charge in [-0.25, -0.2) is 0 Å². The first-order chi connectivity index (χ1) is 8.67. The highest BCUT2D eigenvalue weighted by molar-refractivity contribution is 5.86. The van der Waals surface area contributed by atoms with Crippen LogP contribution in [0.2, 0.25) is 0 Å². The fraction of sp³-hybridized carbons (Fsp3) is 0.462. The van der Waals surface area contributed by atoms with Crippen LogP contribution < -0.4 is 11.1 Å². The number of nitrogens with two attached hydrogens (primary N) is 1. The highest BCUT2D eigenvalue weighted by atomic mass is 16.5. The van der Waals surface area contributed by atoms with Crippen LogP contribution in [-0.2, 0) is 19.8 Å². The average molecular weight is 252 g/mol. The molecule has 0 heterocycles.